The van der Waals surface area contributed by atoms with Crippen LogP contribution in [0.2, 0.25) is 0 Å². The highest BCUT2D eigenvalue weighted by Gasteiger charge is 2.10. The largest absolute Gasteiger partial charge is 0.320 e. The van der Waals surface area contributed by atoms with E-state index in [1.165, 1.54) is 6.08 Å². The van der Waals surface area contributed by atoms with Gasteiger partial charge in [0.1, 0.15) is 0 Å². The van der Waals surface area contributed by atoms with E-state index in [0.29, 0.717) is 0 Å². The maximum absolute atomic E-state index is 12.0. The van der Waals surface area contributed by atoms with Crippen LogP contribution in [0.1, 0.15) is 5.56 Å². The van der Waals surface area contributed by atoms with Crippen molar-refractivity contribution in [2.75, 3.05) is 0 Å². The second-order valence-electron chi connectivity index (χ2n) is 2.68. The molecule has 0 aromatic heterocycles. The van der Waals surface area contributed by atoms with Crippen molar-refractivity contribution < 1.29 is 8.78 Å². The average Bonchev–Trinajstić information content (AvgIpc) is 2.15. The highest BCUT2D eigenvalue weighted by molar-refractivity contribution is 5.49. The number of alkyl halides is 2. The lowest BCUT2D eigenvalue weighted by Crippen LogP contribution is -2.25. The Morgan fingerprint density at radius 1 is 1.15 bits per heavy atom. The summed E-state index contributed by atoms with van der Waals surface area (Å²) in [6.07, 6.45) is 0.400. The third-order valence-electron chi connectivity index (χ3n) is 1.60. The molecule has 70 valence electrons. The monoisotopic (exact) mass is 183 g/mol. The quantitative estimate of drug-likeness (QED) is 0.764. The van der Waals surface area contributed by atoms with Crippen molar-refractivity contribution in [3.63, 3.8) is 0 Å². The van der Waals surface area contributed by atoms with Crippen molar-refractivity contribution in [1.29, 1.82) is 0 Å². The van der Waals surface area contributed by atoms with Crippen LogP contribution in [-0.4, -0.2) is 12.5 Å². The summed E-state index contributed by atoms with van der Waals surface area (Å²) in [4.78, 5) is 0. The molecule has 1 nitrogen and oxygen atoms in total. The van der Waals surface area contributed by atoms with E-state index in [-0.39, 0.29) is 0 Å². The summed E-state index contributed by atoms with van der Waals surface area (Å²) in [7, 11) is 0. The first-order chi connectivity index (χ1) is 6.20. The molecule has 0 amide bonds. The number of hydrogen-bond acceptors (Lipinski definition) is 1. The Morgan fingerprint density at radius 3 is 2.31 bits per heavy atom. The van der Waals surface area contributed by atoms with E-state index in [1.807, 2.05) is 30.3 Å². The minimum Gasteiger partial charge on any atom is -0.320 e. The third kappa shape index (κ3) is 3.34. The van der Waals surface area contributed by atoms with Crippen LogP contribution in [0.3, 0.4) is 0 Å². The van der Waals surface area contributed by atoms with Crippen molar-refractivity contribution in [3.05, 3.63) is 42.0 Å². The summed E-state index contributed by atoms with van der Waals surface area (Å²) in [5.74, 6) is 0. The molecule has 1 rings (SSSR count). The van der Waals surface area contributed by atoms with Crippen molar-refractivity contribution in [1.82, 2.24) is 0 Å². The fraction of sp³-hybridized carbons (Fsp3) is 0.200. The fourth-order valence-electron chi connectivity index (χ4n) is 0.870. The molecule has 1 atom stereocenters. The van der Waals surface area contributed by atoms with Gasteiger partial charge in [0.25, 0.3) is 6.43 Å². The topological polar surface area (TPSA) is 26.0 Å². The van der Waals surface area contributed by atoms with E-state index in [4.69, 9.17) is 5.73 Å². The summed E-state index contributed by atoms with van der Waals surface area (Å²) in [5.41, 5.74) is 6.00. The normalized spacial score (nSPS) is 13.8. The molecular formula is C10H11F2N. The number of rotatable bonds is 3. The predicted molar refractivity (Wildman–Crippen MR) is 49.5 cm³/mol. The number of benzene rings is 1. The Kier molecular flexibility index (Phi) is 3.58. The molecule has 0 aliphatic carbocycles. The molecule has 13 heavy (non-hydrogen) atoms. The molecule has 0 saturated heterocycles. The van der Waals surface area contributed by atoms with Crippen LogP contribution >= 0.6 is 0 Å². The maximum atomic E-state index is 12.0. The van der Waals surface area contributed by atoms with Crippen LogP contribution in [0.4, 0.5) is 8.78 Å². The Bertz CT molecular complexity index is 270. The lowest BCUT2D eigenvalue weighted by molar-refractivity contribution is 0.133. The van der Waals surface area contributed by atoms with E-state index in [9.17, 15) is 8.78 Å². The SMILES string of the molecule is NC(/C=C/c1ccccc1)C(F)F. The van der Waals surface area contributed by atoms with E-state index in [0.717, 1.165) is 5.56 Å². The molecule has 2 N–H and O–H groups in total. The van der Waals surface area contributed by atoms with Crippen molar-refractivity contribution in [2.24, 2.45) is 5.73 Å². The standard InChI is InChI=1S/C10H11F2N/c11-10(12)9(13)7-6-8-4-2-1-3-5-8/h1-7,9-10H,13H2/b7-6+. The summed E-state index contributed by atoms with van der Waals surface area (Å²) >= 11 is 0. The predicted octanol–water partition coefficient (Wildman–Crippen LogP) is 2.29. The van der Waals surface area contributed by atoms with Gasteiger partial charge in [-0.3, -0.25) is 0 Å². The first-order valence-corrected chi connectivity index (χ1v) is 3.97. The first kappa shape index (κ1) is 9.86. The minimum absolute atomic E-state index is 0.874. The van der Waals surface area contributed by atoms with Crippen LogP contribution in [0, 0.1) is 0 Å². The van der Waals surface area contributed by atoms with E-state index >= 15 is 0 Å². The zero-order valence-electron chi connectivity index (χ0n) is 7.03. The first-order valence-electron chi connectivity index (χ1n) is 3.97. The molecule has 1 aromatic rings. The fourth-order valence-corrected chi connectivity index (χ4v) is 0.870. The molecule has 1 unspecified atom stereocenters. The van der Waals surface area contributed by atoms with Gasteiger partial charge < -0.3 is 5.73 Å². The average molecular weight is 183 g/mol. The number of halogens is 2. The van der Waals surface area contributed by atoms with E-state index in [2.05, 4.69) is 0 Å². The van der Waals surface area contributed by atoms with E-state index < -0.39 is 12.5 Å². The lowest BCUT2D eigenvalue weighted by atomic mass is 10.2. The molecule has 0 saturated carbocycles. The van der Waals surface area contributed by atoms with Gasteiger partial charge in [0.15, 0.2) is 0 Å². The van der Waals surface area contributed by atoms with Gasteiger partial charge in [-0.25, -0.2) is 8.78 Å². The van der Waals surface area contributed by atoms with Crippen LogP contribution < -0.4 is 5.73 Å². The van der Waals surface area contributed by atoms with Gasteiger partial charge in [0.2, 0.25) is 0 Å². The van der Waals surface area contributed by atoms with Crippen LogP contribution in [0.25, 0.3) is 6.08 Å². The number of nitrogens with two attached hydrogens (primary N) is 1. The summed E-state index contributed by atoms with van der Waals surface area (Å²) in [5, 5.41) is 0. The maximum Gasteiger partial charge on any atom is 0.257 e. The Balaban J connectivity index is 2.59. The van der Waals surface area contributed by atoms with Crippen LogP contribution in [-0.2, 0) is 0 Å². The Morgan fingerprint density at radius 2 is 1.77 bits per heavy atom. The second kappa shape index (κ2) is 4.72. The molecule has 0 fully saturated rings. The number of hydrogen-bond donors (Lipinski definition) is 1. The Hall–Kier alpha value is -1.22. The second-order valence-corrected chi connectivity index (χ2v) is 2.68. The molecule has 3 heteroatoms. The summed E-state index contributed by atoms with van der Waals surface area (Å²) in [6.45, 7) is 0. The van der Waals surface area contributed by atoms with Gasteiger partial charge >= 0.3 is 0 Å². The smallest absolute Gasteiger partial charge is 0.257 e. The van der Waals surface area contributed by atoms with E-state index in [1.54, 1.807) is 6.08 Å². The molecule has 0 aliphatic rings. The minimum atomic E-state index is -2.50. The van der Waals surface area contributed by atoms with Gasteiger partial charge in [0, 0.05) is 0 Å². The van der Waals surface area contributed by atoms with Gasteiger partial charge in [-0.05, 0) is 5.56 Å². The molecule has 0 spiro atoms. The summed E-state index contributed by atoms with van der Waals surface area (Å²) < 4.78 is 23.9. The van der Waals surface area contributed by atoms with Crippen molar-refractivity contribution in [3.8, 4) is 0 Å². The van der Waals surface area contributed by atoms with Gasteiger partial charge in [-0.15, -0.1) is 0 Å². The molecule has 0 aliphatic heterocycles. The zero-order chi connectivity index (χ0) is 9.68. The summed E-state index contributed by atoms with van der Waals surface area (Å²) in [6, 6.07) is 8.02. The molecule has 0 bridgehead atoms. The molecule has 0 heterocycles. The van der Waals surface area contributed by atoms with Gasteiger partial charge in [-0.1, -0.05) is 42.5 Å². The zero-order valence-corrected chi connectivity index (χ0v) is 7.03. The van der Waals surface area contributed by atoms with Crippen LogP contribution in [0.5, 0.6) is 0 Å². The van der Waals surface area contributed by atoms with Crippen LogP contribution in [0.15, 0.2) is 36.4 Å². The molecule has 1 aromatic carbocycles. The molecule has 0 radical (unpaired) electrons. The Labute approximate surface area is 75.9 Å². The van der Waals surface area contributed by atoms with Crippen molar-refractivity contribution >= 4 is 6.08 Å². The van der Waals surface area contributed by atoms with Gasteiger partial charge in [-0.2, -0.15) is 0 Å². The highest BCUT2D eigenvalue weighted by atomic mass is 19.3. The highest BCUT2D eigenvalue weighted by Crippen LogP contribution is 2.04. The molecular weight excluding hydrogens is 172 g/mol. The third-order valence-corrected chi connectivity index (χ3v) is 1.60. The van der Waals surface area contributed by atoms with Gasteiger partial charge in [0.05, 0.1) is 6.04 Å². The lowest BCUT2D eigenvalue weighted by Gasteiger charge is -2.02. The van der Waals surface area contributed by atoms with Crippen molar-refractivity contribution in [2.45, 2.75) is 12.5 Å².